The van der Waals surface area contributed by atoms with Crippen molar-refractivity contribution >= 4 is 72.8 Å². The zero-order valence-electron chi connectivity index (χ0n) is 25.3. The summed E-state index contributed by atoms with van der Waals surface area (Å²) in [5.41, 5.74) is 10.1. The van der Waals surface area contributed by atoms with E-state index in [1.54, 1.807) is 0 Å². The zero-order valence-corrected chi connectivity index (χ0v) is 25.3. The molecule has 5 aromatic carbocycles. The summed E-state index contributed by atoms with van der Waals surface area (Å²) in [6, 6.07) is 49.5. The third kappa shape index (κ3) is 3.83. The number of aromatic nitrogens is 4. The maximum atomic E-state index is 4.79. The summed E-state index contributed by atoms with van der Waals surface area (Å²) in [4.78, 5) is 12.0. The molecule has 0 amide bonds. The highest BCUT2D eigenvalue weighted by atomic mass is 15.2. The average molecular weight is 602 g/mol. The Kier molecular flexibility index (Phi) is 5.51. The Morgan fingerprint density at radius 1 is 0.383 bits per heavy atom. The first-order chi connectivity index (χ1) is 23.3. The van der Waals surface area contributed by atoms with Gasteiger partial charge in [-0.2, -0.15) is 0 Å². The normalized spacial score (nSPS) is 12.6. The number of hydrogen-bond acceptors (Lipinski definition) is 3. The highest BCUT2D eigenvalue weighted by Crippen LogP contribution is 2.46. The van der Waals surface area contributed by atoms with E-state index >= 15 is 0 Å². The van der Waals surface area contributed by atoms with Crippen LogP contribution < -0.4 is 4.90 Å². The number of rotatable bonds is 3. The first kappa shape index (κ1) is 25.8. The van der Waals surface area contributed by atoms with Crippen LogP contribution in [0.25, 0.3) is 67.4 Å². The van der Waals surface area contributed by atoms with Gasteiger partial charge in [-0.05, 0) is 77.9 Å². The molecule has 0 radical (unpaired) electrons. The molecule has 9 aromatic rings. The predicted molar refractivity (Wildman–Crippen MR) is 194 cm³/mol. The van der Waals surface area contributed by atoms with Crippen molar-refractivity contribution in [1.29, 1.82) is 0 Å². The highest BCUT2D eigenvalue weighted by molar-refractivity contribution is 6.13. The molecule has 5 nitrogen and oxygen atoms in total. The molecule has 0 N–H and O–H groups in total. The molecule has 10 rings (SSSR count). The van der Waals surface area contributed by atoms with Crippen molar-refractivity contribution in [2.75, 3.05) is 4.90 Å². The maximum absolute atomic E-state index is 4.79. The van der Waals surface area contributed by atoms with E-state index in [1.165, 1.54) is 21.5 Å². The first-order valence-corrected chi connectivity index (χ1v) is 15.8. The Morgan fingerprint density at radius 3 is 1.66 bits per heavy atom. The molecule has 0 saturated heterocycles. The Bertz CT molecular complexity index is 2680. The molecular formula is C42H27N5. The first-order valence-electron chi connectivity index (χ1n) is 15.8. The molecule has 1 aliphatic heterocycles. The van der Waals surface area contributed by atoms with Crippen molar-refractivity contribution in [3.8, 4) is 11.6 Å². The van der Waals surface area contributed by atoms with Gasteiger partial charge in [0, 0.05) is 39.6 Å². The Balaban J connectivity index is 1.29. The fraction of sp³-hybridized carbons (Fsp3) is 0. The molecule has 220 valence electrons. The predicted octanol–water partition coefficient (Wildman–Crippen LogP) is 10.6. The molecular weight excluding hydrogens is 574 g/mol. The standard InChI is InChI=1S/C42H27N5/c1-4-14-35-28(11-1)19-20-29-25-34-32-13-3-6-16-37(32)47(42-18-8-10-24-44-42)40(34)27-38(29)45(35)30-21-22-33-31-12-2-5-15-36(31)46(39(33)26-30)41-17-7-9-23-43-41/h1-27H. The number of benzene rings is 5. The fourth-order valence-corrected chi connectivity index (χ4v) is 7.33. The van der Waals surface area contributed by atoms with Crippen LogP contribution in [0.2, 0.25) is 0 Å². The maximum Gasteiger partial charge on any atom is 0.137 e. The smallest absolute Gasteiger partial charge is 0.137 e. The van der Waals surface area contributed by atoms with Gasteiger partial charge in [-0.3, -0.25) is 9.13 Å². The second kappa shape index (κ2) is 10.0. The lowest BCUT2D eigenvalue weighted by molar-refractivity contribution is 1.08. The summed E-state index contributed by atoms with van der Waals surface area (Å²) in [6.45, 7) is 0. The summed E-state index contributed by atoms with van der Waals surface area (Å²) < 4.78 is 4.56. The van der Waals surface area contributed by atoms with Gasteiger partial charge in [0.15, 0.2) is 0 Å². The zero-order chi connectivity index (χ0) is 30.9. The molecule has 0 bridgehead atoms. The van der Waals surface area contributed by atoms with Gasteiger partial charge < -0.3 is 4.90 Å². The molecule has 0 aliphatic carbocycles. The Labute approximate surface area is 270 Å². The number of nitrogens with zero attached hydrogens (tertiary/aromatic N) is 5. The second-order valence-electron chi connectivity index (χ2n) is 11.9. The van der Waals surface area contributed by atoms with Gasteiger partial charge >= 0.3 is 0 Å². The van der Waals surface area contributed by atoms with Crippen LogP contribution in [0.15, 0.2) is 152 Å². The molecule has 5 heterocycles. The number of hydrogen-bond donors (Lipinski definition) is 0. The largest absolute Gasteiger partial charge is 0.309 e. The fourth-order valence-electron chi connectivity index (χ4n) is 7.33. The molecule has 1 aliphatic rings. The van der Waals surface area contributed by atoms with Crippen LogP contribution in [-0.4, -0.2) is 19.1 Å². The van der Waals surface area contributed by atoms with Crippen LogP contribution in [0, 0.1) is 0 Å². The quantitative estimate of drug-likeness (QED) is 0.202. The SMILES string of the molecule is C1=Cc2cc3c4ccccc4n(-c4ccccn4)c3cc2N(c2ccc3c4ccccc4n(-c4ccccn4)c3c2)c2ccccc21. The van der Waals surface area contributed by atoms with Crippen molar-refractivity contribution in [3.63, 3.8) is 0 Å². The van der Waals surface area contributed by atoms with E-state index in [2.05, 4.69) is 141 Å². The lowest BCUT2D eigenvalue weighted by atomic mass is 10.1. The molecule has 0 saturated carbocycles. The van der Waals surface area contributed by atoms with Crippen molar-refractivity contribution in [3.05, 3.63) is 163 Å². The van der Waals surface area contributed by atoms with Gasteiger partial charge in [0.25, 0.3) is 0 Å². The monoisotopic (exact) mass is 601 g/mol. The summed E-state index contributed by atoms with van der Waals surface area (Å²) in [7, 11) is 0. The number of pyridine rings is 2. The van der Waals surface area contributed by atoms with Crippen LogP contribution in [0.1, 0.15) is 11.1 Å². The van der Waals surface area contributed by atoms with Crippen LogP contribution >= 0.6 is 0 Å². The van der Waals surface area contributed by atoms with Gasteiger partial charge in [0.05, 0.1) is 33.4 Å². The van der Waals surface area contributed by atoms with Crippen LogP contribution in [-0.2, 0) is 0 Å². The minimum Gasteiger partial charge on any atom is -0.309 e. The van der Waals surface area contributed by atoms with Crippen LogP contribution in [0.3, 0.4) is 0 Å². The molecule has 47 heavy (non-hydrogen) atoms. The summed E-state index contributed by atoms with van der Waals surface area (Å²) in [5, 5.41) is 4.81. The highest BCUT2D eigenvalue weighted by Gasteiger charge is 2.24. The van der Waals surface area contributed by atoms with E-state index in [-0.39, 0.29) is 0 Å². The van der Waals surface area contributed by atoms with E-state index < -0.39 is 0 Å². The average Bonchev–Trinajstić information content (AvgIpc) is 3.57. The number of anilines is 3. The molecule has 4 aromatic heterocycles. The van der Waals surface area contributed by atoms with E-state index in [0.717, 1.165) is 61.9 Å². The van der Waals surface area contributed by atoms with Gasteiger partial charge in [0.1, 0.15) is 11.6 Å². The van der Waals surface area contributed by atoms with Gasteiger partial charge in [-0.25, -0.2) is 9.97 Å². The Hall–Kier alpha value is -6.46. The van der Waals surface area contributed by atoms with Gasteiger partial charge in [-0.15, -0.1) is 0 Å². The summed E-state index contributed by atoms with van der Waals surface area (Å²) in [5.74, 6) is 1.80. The third-order valence-electron chi connectivity index (χ3n) is 9.35. The van der Waals surface area contributed by atoms with Crippen molar-refractivity contribution in [2.45, 2.75) is 0 Å². The number of fused-ring (bicyclic) bond motifs is 8. The molecule has 5 heteroatoms. The van der Waals surface area contributed by atoms with Crippen LogP contribution in [0.4, 0.5) is 17.1 Å². The second-order valence-corrected chi connectivity index (χ2v) is 11.9. The van der Waals surface area contributed by atoms with E-state index in [0.29, 0.717) is 0 Å². The van der Waals surface area contributed by atoms with Crippen molar-refractivity contribution in [1.82, 2.24) is 19.1 Å². The molecule has 0 spiro atoms. The van der Waals surface area contributed by atoms with Crippen molar-refractivity contribution < 1.29 is 0 Å². The number of para-hydroxylation sites is 3. The van der Waals surface area contributed by atoms with E-state index in [9.17, 15) is 0 Å². The van der Waals surface area contributed by atoms with E-state index in [1.807, 2.05) is 36.7 Å². The Morgan fingerprint density at radius 2 is 0.957 bits per heavy atom. The topological polar surface area (TPSA) is 38.9 Å². The van der Waals surface area contributed by atoms with Gasteiger partial charge in [-0.1, -0.05) is 84.9 Å². The lowest BCUT2D eigenvalue weighted by Crippen LogP contribution is -2.12. The molecule has 0 fully saturated rings. The summed E-state index contributed by atoms with van der Waals surface area (Å²) >= 11 is 0. The van der Waals surface area contributed by atoms with E-state index in [4.69, 9.17) is 9.97 Å². The third-order valence-corrected chi connectivity index (χ3v) is 9.35. The van der Waals surface area contributed by atoms with Crippen LogP contribution in [0.5, 0.6) is 0 Å². The minimum absolute atomic E-state index is 0.899. The minimum atomic E-state index is 0.899. The lowest BCUT2D eigenvalue weighted by Gasteiger charge is -2.28. The summed E-state index contributed by atoms with van der Waals surface area (Å²) in [6.07, 6.45) is 8.21. The molecule has 0 atom stereocenters. The van der Waals surface area contributed by atoms with Crippen molar-refractivity contribution in [2.24, 2.45) is 0 Å². The van der Waals surface area contributed by atoms with Gasteiger partial charge in [0.2, 0.25) is 0 Å². The molecule has 0 unspecified atom stereocenters.